The lowest BCUT2D eigenvalue weighted by Gasteiger charge is -2.33. The fraction of sp³-hybridized carbons (Fsp3) is 0.527. The summed E-state index contributed by atoms with van der Waals surface area (Å²) in [6.45, 7) is 6.84. The first-order chi connectivity index (χ1) is 62.5. The summed E-state index contributed by atoms with van der Waals surface area (Å²) in [4.78, 5) is 266. The largest absolute Gasteiger partial charge is 0.394 e. The summed E-state index contributed by atoms with van der Waals surface area (Å²) in [5.74, 6) is -18.1. The molecule has 5 heterocycles. The second-order valence-corrected chi connectivity index (χ2v) is 35.1. The number of likely N-dealkylation sites (N-methyl/N-ethyl adjacent to an activating group) is 3. The Balaban J connectivity index is 1.17. The number of Topliss-reactive ketones (excluding diaryl/α,β-unsaturated/α-hetero) is 3. The number of aliphatic hydroxyl groups excluding tert-OH is 1. The van der Waals surface area contributed by atoms with Crippen LogP contribution in [0.25, 0.3) is 21.8 Å². The minimum absolute atomic E-state index is 0.00619. The van der Waals surface area contributed by atoms with Crippen LogP contribution >= 0.6 is 11.8 Å². The fourth-order valence-corrected chi connectivity index (χ4v) is 17.1. The summed E-state index contributed by atoms with van der Waals surface area (Å²) < 4.78 is 0. The van der Waals surface area contributed by atoms with Crippen molar-refractivity contribution >= 4 is 140 Å². The van der Waals surface area contributed by atoms with Crippen LogP contribution in [0.5, 0.6) is 0 Å². The Morgan fingerprint density at radius 2 is 1.14 bits per heavy atom. The maximum Gasteiger partial charge on any atom is 0.246 e. The van der Waals surface area contributed by atoms with Crippen molar-refractivity contribution < 1.29 is 86.6 Å². The standard InChI is InChI=1S/C91H127N21O18S/c1-9-11-27-64-75(115)41-55(24-20-34-97-91(94)95)82(122)108-71(74(114)32-33-77(92)117)49-131-50-80(120)102-67(37-54-22-14-13-15-23-54)88(128)110(7)53(5)81(121)104-69(43-78(93)118)90(130)112-35-21-31-72(112)76(116)42-56(38-59-46-96-51-100-59)83(123)105-66(36-52(3)4)87(127)109(6)47-79(119)101-65(39-57-44-98-62-28-18-16-25-60(57)62)84(124)107-70(48-113)85(125)106-68(40-58-45-99-63-29-19-17-26-61(58)63)89(129)111(8)73(30-12-10-2)86(126)103-64/h13-19,22-23,25-26,28-29,44-46,51-53,55-56,64-73,98-99,113H,9-12,20-21,24,27,30-43,47-50H2,1-8H3,(H2,92,117)(H2,93,118)(H,96,100)(H,101,119)(H,102,120)(H,103,126)(H,104,121)(H,105,123)(H,106,125)(H,107,124)(H,108,122)(H4,94,95,97)/t53-,55+,56+,64-,65-,66-,67-,68-,69-,70-,71-,72?,73-/m0/s1. The second-order valence-electron chi connectivity index (χ2n) is 34.1. The van der Waals surface area contributed by atoms with E-state index in [1.165, 1.54) is 45.5 Å². The zero-order chi connectivity index (χ0) is 95.7. The number of benzene rings is 3. The highest BCUT2D eigenvalue weighted by molar-refractivity contribution is 8.00. The van der Waals surface area contributed by atoms with Crippen LogP contribution < -0.4 is 65.1 Å². The van der Waals surface area contributed by atoms with Crippen molar-refractivity contribution in [1.82, 2.24) is 87.4 Å². The number of nitrogens with zero attached hydrogens (tertiary/aromatic N) is 5. The number of fused-ring (bicyclic) bond motifs is 3. The van der Waals surface area contributed by atoms with Gasteiger partial charge in [0.2, 0.25) is 82.7 Å². The average Bonchev–Trinajstić information content (AvgIpc) is 1.67. The number of primary amides is 2. The molecule has 0 bridgehead atoms. The van der Waals surface area contributed by atoms with E-state index in [4.69, 9.17) is 22.6 Å². The molecule has 131 heavy (non-hydrogen) atoms. The molecule has 13 atom stereocenters. The van der Waals surface area contributed by atoms with Gasteiger partial charge in [0.15, 0.2) is 23.3 Å². The van der Waals surface area contributed by atoms with Gasteiger partial charge in [-0.1, -0.05) is 120 Å². The Hall–Kier alpha value is -12.9. The molecule has 40 heteroatoms. The lowest BCUT2D eigenvalue weighted by molar-refractivity contribution is -0.145. The first kappa shape index (κ1) is 103. The number of imidazole rings is 1. The molecule has 710 valence electrons. The van der Waals surface area contributed by atoms with Crippen LogP contribution in [-0.4, -0.2) is 276 Å². The van der Waals surface area contributed by atoms with Crippen LogP contribution in [-0.2, 0) is 107 Å². The van der Waals surface area contributed by atoms with Gasteiger partial charge in [-0.3, -0.25) is 86.9 Å². The number of aromatic amines is 3. The number of rotatable bonds is 27. The van der Waals surface area contributed by atoms with E-state index in [1.54, 1.807) is 105 Å². The first-order valence-electron chi connectivity index (χ1n) is 44.5. The van der Waals surface area contributed by atoms with Crippen molar-refractivity contribution in [2.75, 3.05) is 58.9 Å². The molecule has 3 aromatic heterocycles. The van der Waals surface area contributed by atoms with Crippen molar-refractivity contribution in [3.63, 3.8) is 0 Å². The number of para-hydroxylation sites is 2. The Kier molecular flexibility index (Phi) is 40.2. The third-order valence-electron chi connectivity index (χ3n) is 23.6. The van der Waals surface area contributed by atoms with Gasteiger partial charge in [-0.2, -0.15) is 0 Å². The monoisotopic (exact) mass is 1830 g/mol. The number of nitrogens with two attached hydrogens (primary N) is 3. The molecule has 0 radical (unpaired) electrons. The third kappa shape index (κ3) is 30.9. The lowest BCUT2D eigenvalue weighted by Crippen LogP contribution is -2.60. The molecule has 1 unspecified atom stereocenters. The van der Waals surface area contributed by atoms with Crippen LogP contribution in [0, 0.1) is 23.2 Å². The van der Waals surface area contributed by atoms with Gasteiger partial charge in [0.25, 0.3) is 0 Å². The topological polar surface area (TPSA) is 594 Å². The highest BCUT2D eigenvalue weighted by Gasteiger charge is 2.44. The van der Waals surface area contributed by atoms with E-state index in [9.17, 15) is 62.6 Å². The number of ketones is 3. The normalized spacial score (nSPS) is 23.7. The van der Waals surface area contributed by atoms with Crippen LogP contribution in [0.2, 0.25) is 0 Å². The Labute approximate surface area is 764 Å². The van der Waals surface area contributed by atoms with Gasteiger partial charge in [-0.15, -0.1) is 11.8 Å². The number of carbonyl (C=O) groups is 17. The summed E-state index contributed by atoms with van der Waals surface area (Å²) in [6, 6.07) is 6.61. The number of aliphatic hydroxyl groups is 1. The second kappa shape index (κ2) is 50.9. The quantitative estimate of drug-likeness (QED) is 0.0194. The van der Waals surface area contributed by atoms with E-state index >= 15 is 24.0 Å². The molecule has 2 saturated heterocycles. The van der Waals surface area contributed by atoms with Gasteiger partial charge in [0, 0.05) is 143 Å². The van der Waals surface area contributed by atoms with Gasteiger partial charge in [0.1, 0.15) is 48.3 Å². The van der Waals surface area contributed by atoms with E-state index < -0.39 is 229 Å². The summed E-state index contributed by atoms with van der Waals surface area (Å²) in [5.41, 5.74) is 20.2. The Bertz CT molecular complexity index is 5000. The molecule has 39 nitrogen and oxygen atoms in total. The molecular weight excluding hydrogens is 1710 g/mol. The van der Waals surface area contributed by atoms with Gasteiger partial charge in [-0.05, 0) is 86.6 Å². The molecule has 2 aliphatic heterocycles. The molecule has 3 aromatic carbocycles. The van der Waals surface area contributed by atoms with Crippen molar-refractivity contribution in [3.8, 4) is 0 Å². The average molecular weight is 1840 g/mol. The van der Waals surface area contributed by atoms with Crippen molar-refractivity contribution in [1.29, 1.82) is 5.41 Å². The number of unbranched alkanes of at least 4 members (excludes halogenated alkanes) is 2. The zero-order valence-corrected chi connectivity index (χ0v) is 76.4. The minimum Gasteiger partial charge on any atom is -0.394 e. The molecule has 0 spiro atoms. The van der Waals surface area contributed by atoms with Crippen molar-refractivity contribution in [2.45, 2.75) is 229 Å². The molecule has 0 aliphatic carbocycles. The first-order valence-corrected chi connectivity index (χ1v) is 45.7. The highest BCUT2D eigenvalue weighted by Crippen LogP contribution is 2.28. The van der Waals surface area contributed by atoms with Crippen LogP contribution in [0.15, 0.2) is 104 Å². The molecule has 2 aliphatic rings. The van der Waals surface area contributed by atoms with E-state index in [-0.39, 0.29) is 101 Å². The van der Waals surface area contributed by atoms with E-state index in [0.717, 1.165) is 26.5 Å². The number of carbonyl (C=O) groups excluding carboxylic acids is 17. The van der Waals surface area contributed by atoms with Gasteiger partial charge < -0.3 is 105 Å². The number of thioether (sulfide) groups is 1. The SMILES string of the molecule is CCCC[C@@H]1NC(=O)[C@H](CCCC)N(C)C(=O)[C@H](Cc2c[nH]c3ccccc23)NC(=O)[C@H](CO)NC(=O)[C@H](Cc2c[nH]c3ccccc23)NC(=O)CN(C)C(=O)[C@H](CC(C)C)NC(=O)[C@H](Cc2cnc[nH]2)CC(=O)C2CCCN2C(=O)[C@H](CC(N)=O)NC(=O)[C@H](C)N(C)C(=O)[C@H](Cc2ccccc2)NC(=O)CSC[C@@H](C(=O)CCC(N)=O)NC(=O)[C@H](CCCNC(=N)N)CC1=O. The number of guanidine groups is 1. The van der Waals surface area contributed by atoms with E-state index in [2.05, 4.69) is 67.8 Å². The Morgan fingerprint density at radius 1 is 0.565 bits per heavy atom. The number of amides is 14. The van der Waals surface area contributed by atoms with E-state index in [0.29, 0.717) is 69.9 Å². The smallest absolute Gasteiger partial charge is 0.246 e. The maximum absolute atomic E-state index is 15.6. The summed E-state index contributed by atoms with van der Waals surface area (Å²) in [5, 5.41) is 44.7. The highest BCUT2D eigenvalue weighted by atomic mass is 32.2. The number of hydrogen-bond donors (Lipinski definition) is 17. The third-order valence-corrected chi connectivity index (χ3v) is 24.6. The lowest BCUT2D eigenvalue weighted by atomic mass is 9.91. The van der Waals surface area contributed by atoms with Gasteiger partial charge >= 0.3 is 0 Å². The number of H-pyrrole nitrogens is 3. The number of hydrogen-bond acceptors (Lipinski definition) is 21. The molecule has 6 aromatic rings. The summed E-state index contributed by atoms with van der Waals surface area (Å²) in [6.07, 6.45) is 4.83. The van der Waals surface area contributed by atoms with Gasteiger partial charge in [-0.25, -0.2) is 4.98 Å². The predicted molar refractivity (Wildman–Crippen MR) is 489 cm³/mol. The zero-order valence-electron chi connectivity index (χ0n) is 75.5. The molecule has 8 rings (SSSR count). The summed E-state index contributed by atoms with van der Waals surface area (Å²) >= 11 is 0.856. The molecule has 0 saturated carbocycles. The van der Waals surface area contributed by atoms with E-state index in [1.807, 2.05) is 13.8 Å². The molecular formula is C91H127N21O18S. The fourth-order valence-electron chi connectivity index (χ4n) is 16.2. The number of aromatic nitrogens is 4. The molecule has 14 amide bonds. The minimum atomic E-state index is -1.83. The number of nitrogens with one attached hydrogen (secondary N) is 13. The summed E-state index contributed by atoms with van der Waals surface area (Å²) in [7, 11) is 3.93. The predicted octanol–water partition coefficient (Wildman–Crippen LogP) is 0.934. The van der Waals surface area contributed by atoms with Crippen molar-refractivity contribution in [3.05, 3.63) is 126 Å². The molecule has 2 fully saturated rings. The maximum atomic E-state index is 15.6. The van der Waals surface area contributed by atoms with Gasteiger partial charge in [0.05, 0.1) is 55.7 Å². The van der Waals surface area contributed by atoms with Crippen LogP contribution in [0.1, 0.15) is 160 Å². The molecule has 20 N–H and O–H groups in total. The van der Waals surface area contributed by atoms with Crippen molar-refractivity contribution in [2.24, 2.45) is 35.0 Å². The Morgan fingerprint density at radius 3 is 1.76 bits per heavy atom. The van der Waals surface area contributed by atoms with Crippen LogP contribution in [0.4, 0.5) is 0 Å². The van der Waals surface area contributed by atoms with Crippen LogP contribution in [0.3, 0.4) is 0 Å².